The average molecular weight is 395 g/mol. The summed E-state index contributed by atoms with van der Waals surface area (Å²) in [5.41, 5.74) is 1.35. The van der Waals surface area contributed by atoms with E-state index in [0.717, 1.165) is 24.4 Å². The topological polar surface area (TPSA) is 100 Å². The molecule has 2 amide bonds. The summed E-state index contributed by atoms with van der Waals surface area (Å²) in [4.78, 5) is 23.5. The highest BCUT2D eigenvalue weighted by Gasteiger charge is 2.30. The number of halogens is 3. The van der Waals surface area contributed by atoms with Crippen LogP contribution in [0, 0.1) is 0 Å². The molecule has 0 unspecified atom stereocenters. The number of amides is 2. The average Bonchev–Trinajstić information content (AvgIpc) is 2.62. The number of anilines is 1. The van der Waals surface area contributed by atoms with Crippen molar-refractivity contribution in [3.8, 4) is 11.5 Å². The standard InChI is InChI=1S/C18H16F3N3O4/c1-28-14-7-2-4-11(17(14)27)10-22-24-16(26)9-15(25)23-13-6-3-5-12(8-13)18(19,20)21/h2-8,10,27H,9H2,1H3,(H,23,25)(H,24,26)/b22-10+. The van der Waals surface area contributed by atoms with Crippen LogP contribution in [0.2, 0.25) is 0 Å². The summed E-state index contributed by atoms with van der Waals surface area (Å²) in [6.45, 7) is 0. The van der Waals surface area contributed by atoms with Crippen LogP contribution < -0.4 is 15.5 Å². The van der Waals surface area contributed by atoms with Crippen LogP contribution in [0.5, 0.6) is 11.5 Å². The van der Waals surface area contributed by atoms with Crippen molar-refractivity contribution in [3.63, 3.8) is 0 Å². The van der Waals surface area contributed by atoms with E-state index in [1.165, 1.54) is 25.3 Å². The smallest absolute Gasteiger partial charge is 0.416 e. The lowest BCUT2D eigenvalue weighted by Crippen LogP contribution is -2.24. The predicted octanol–water partition coefficient (Wildman–Crippen LogP) is 2.90. The highest BCUT2D eigenvalue weighted by Crippen LogP contribution is 2.30. The lowest BCUT2D eigenvalue weighted by atomic mass is 10.2. The van der Waals surface area contributed by atoms with Crippen molar-refractivity contribution in [1.29, 1.82) is 0 Å². The van der Waals surface area contributed by atoms with Crippen LogP contribution in [0.25, 0.3) is 0 Å². The van der Waals surface area contributed by atoms with E-state index in [1.54, 1.807) is 6.07 Å². The van der Waals surface area contributed by atoms with Crippen LogP contribution in [-0.4, -0.2) is 30.2 Å². The first-order valence-electron chi connectivity index (χ1n) is 7.85. The van der Waals surface area contributed by atoms with Gasteiger partial charge in [-0.3, -0.25) is 9.59 Å². The number of carbonyl (C=O) groups is 2. The quantitative estimate of drug-likeness (QED) is 0.398. The number of aromatic hydroxyl groups is 1. The Morgan fingerprint density at radius 2 is 1.89 bits per heavy atom. The van der Waals surface area contributed by atoms with Crippen molar-refractivity contribution < 1.29 is 32.6 Å². The maximum Gasteiger partial charge on any atom is 0.416 e. The number of para-hydroxylation sites is 1. The third-order valence-electron chi connectivity index (χ3n) is 3.44. The summed E-state index contributed by atoms with van der Waals surface area (Å²) >= 11 is 0. The summed E-state index contributed by atoms with van der Waals surface area (Å²) < 4.78 is 42.9. The fourth-order valence-electron chi connectivity index (χ4n) is 2.15. The lowest BCUT2D eigenvalue weighted by molar-refractivity contribution is -0.137. The van der Waals surface area contributed by atoms with Crippen molar-refractivity contribution in [1.82, 2.24) is 5.43 Å². The number of nitrogens with one attached hydrogen (secondary N) is 2. The third kappa shape index (κ3) is 5.73. The second-order valence-corrected chi connectivity index (χ2v) is 5.49. The van der Waals surface area contributed by atoms with E-state index < -0.39 is 30.0 Å². The minimum absolute atomic E-state index is 0.0857. The number of hydrogen-bond acceptors (Lipinski definition) is 5. The minimum atomic E-state index is -4.54. The number of phenolic OH excluding ortho intramolecular Hbond substituents is 1. The van der Waals surface area contributed by atoms with Gasteiger partial charge in [-0.05, 0) is 30.3 Å². The molecule has 0 fully saturated rings. The van der Waals surface area contributed by atoms with E-state index in [4.69, 9.17) is 4.74 Å². The molecule has 0 aliphatic rings. The van der Waals surface area contributed by atoms with Crippen LogP contribution in [0.3, 0.4) is 0 Å². The molecule has 2 rings (SSSR count). The molecule has 2 aromatic carbocycles. The molecule has 0 atom stereocenters. The molecular formula is C18H16F3N3O4. The van der Waals surface area contributed by atoms with Crippen LogP contribution >= 0.6 is 0 Å². The first kappa shape index (κ1) is 20.7. The monoisotopic (exact) mass is 395 g/mol. The Hall–Kier alpha value is -3.56. The number of carbonyl (C=O) groups excluding carboxylic acids is 2. The zero-order valence-electron chi connectivity index (χ0n) is 14.6. The fraction of sp³-hybridized carbons (Fsp3) is 0.167. The number of alkyl halides is 3. The highest BCUT2D eigenvalue weighted by atomic mass is 19.4. The number of nitrogens with zero attached hydrogens (tertiary/aromatic N) is 1. The zero-order chi connectivity index (χ0) is 20.7. The van der Waals surface area contributed by atoms with Gasteiger partial charge in [0, 0.05) is 11.3 Å². The Kier molecular flexibility index (Phi) is 6.59. The summed E-state index contributed by atoms with van der Waals surface area (Å²) in [7, 11) is 1.38. The van der Waals surface area contributed by atoms with Crippen molar-refractivity contribution in [2.24, 2.45) is 5.10 Å². The zero-order valence-corrected chi connectivity index (χ0v) is 14.6. The van der Waals surface area contributed by atoms with Crippen LogP contribution in [0.15, 0.2) is 47.6 Å². The van der Waals surface area contributed by atoms with Gasteiger partial charge in [0.2, 0.25) is 11.8 Å². The Morgan fingerprint density at radius 3 is 2.57 bits per heavy atom. The van der Waals surface area contributed by atoms with Gasteiger partial charge in [-0.25, -0.2) is 5.43 Å². The second-order valence-electron chi connectivity index (χ2n) is 5.49. The molecule has 0 radical (unpaired) electrons. The van der Waals surface area contributed by atoms with Crippen molar-refractivity contribution >= 4 is 23.7 Å². The molecule has 0 saturated carbocycles. The SMILES string of the molecule is COc1cccc(/C=N/NC(=O)CC(=O)Nc2cccc(C(F)(F)F)c2)c1O. The largest absolute Gasteiger partial charge is 0.504 e. The van der Waals surface area contributed by atoms with Gasteiger partial charge in [0.25, 0.3) is 0 Å². The van der Waals surface area contributed by atoms with E-state index >= 15 is 0 Å². The second kappa shape index (κ2) is 8.89. The minimum Gasteiger partial charge on any atom is -0.504 e. The summed E-state index contributed by atoms with van der Waals surface area (Å²) in [5, 5.41) is 15.7. The first-order chi connectivity index (χ1) is 13.2. The normalized spacial score (nSPS) is 11.3. The van der Waals surface area contributed by atoms with Gasteiger partial charge in [-0.2, -0.15) is 18.3 Å². The Bertz CT molecular complexity index is 898. The lowest BCUT2D eigenvalue weighted by Gasteiger charge is -2.09. The number of methoxy groups -OCH3 is 1. The van der Waals surface area contributed by atoms with Gasteiger partial charge < -0.3 is 15.2 Å². The molecular weight excluding hydrogens is 379 g/mol. The van der Waals surface area contributed by atoms with Crippen molar-refractivity contribution in [3.05, 3.63) is 53.6 Å². The van der Waals surface area contributed by atoms with Gasteiger partial charge in [0.05, 0.1) is 18.9 Å². The predicted molar refractivity (Wildman–Crippen MR) is 95.1 cm³/mol. The van der Waals surface area contributed by atoms with E-state index in [2.05, 4.69) is 15.8 Å². The van der Waals surface area contributed by atoms with Gasteiger partial charge >= 0.3 is 6.18 Å². The van der Waals surface area contributed by atoms with Gasteiger partial charge in [0.1, 0.15) is 6.42 Å². The van der Waals surface area contributed by atoms with Crippen LogP contribution in [0.4, 0.5) is 18.9 Å². The van der Waals surface area contributed by atoms with Crippen LogP contribution in [-0.2, 0) is 15.8 Å². The van der Waals surface area contributed by atoms with Crippen molar-refractivity contribution in [2.45, 2.75) is 12.6 Å². The molecule has 3 N–H and O–H groups in total. The third-order valence-corrected chi connectivity index (χ3v) is 3.44. The molecule has 148 valence electrons. The van der Waals surface area contributed by atoms with E-state index in [0.29, 0.717) is 0 Å². The number of hydrogen-bond donors (Lipinski definition) is 3. The first-order valence-corrected chi connectivity index (χ1v) is 7.85. The summed E-state index contributed by atoms with van der Waals surface area (Å²) in [6, 6.07) is 8.70. The molecule has 0 aliphatic heterocycles. The summed E-state index contributed by atoms with van der Waals surface area (Å²) in [6.07, 6.45) is -4.04. The molecule has 0 heterocycles. The molecule has 2 aromatic rings. The van der Waals surface area contributed by atoms with E-state index in [9.17, 15) is 27.9 Å². The Labute approximate surface area is 157 Å². The number of phenols is 1. The van der Waals surface area contributed by atoms with Crippen LogP contribution in [0.1, 0.15) is 17.5 Å². The van der Waals surface area contributed by atoms with Gasteiger partial charge in [-0.1, -0.05) is 12.1 Å². The summed E-state index contributed by atoms with van der Waals surface area (Å²) in [5.74, 6) is -1.56. The van der Waals surface area contributed by atoms with Gasteiger partial charge in [0.15, 0.2) is 11.5 Å². The van der Waals surface area contributed by atoms with E-state index in [1.807, 2.05) is 0 Å². The number of benzene rings is 2. The van der Waals surface area contributed by atoms with Gasteiger partial charge in [-0.15, -0.1) is 0 Å². The Morgan fingerprint density at radius 1 is 1.18 bits per heavy atom. The maximum absolute atomic E-state index is 12.7. The number of ether oxygens (including phenoxy) is 1. The molecule has 0 spiro atoms. The highest BCUT2D eigenvalue weighted by molar-refractivity contribution is 6.03. The number of hydrazone groups is 1. The Balaban J connectivity index is 1.90. The maximum atomic E-state index is 12.7. The molecule has 28 heavy (non-hydrogen) atoms. The molecule has 0 aromatic heterocycles. The molecule has 0 saturated heterocycles. The molecule has 0 aliphatic carbocycles. The number of rotatable bonds is 6. The molecule has 7 nitrogen and oxygen atoms in total. The van der Waals surface area contributed by atoms with Crippen molar-refractivity contribution in [2.75, 3.05) is 12.4 Å². The molecule has 0 bridgehead atoms. The molecule has 10 heteroatoms. The fourth-order valence-corrected chi connectivity index (χ4v) is 2.15. The van der Waals surface area contributed by atoms with E-state index in [-0.39, 0.29) is 22.7 Å².